The molecule has 1 saturated heterocycles. The molecule has 0 saturated carbocycles. The van der Waals surface area contributed by atoms with Gasteiger partial charge in [0.1, 0.15) is 4.90 Å². The van der Waals surface area contributed by atoms with Crippen LogP contribution in [-0.2, 0) is 21.2 Å². The van der Waals surface area contributed by atoms with E-state index in [2.05, 4.69) is 33.9 Å². The number of sulfonamides is 1. The maximum absolute atomic E-state index is 12.9. The standard InChI is InChI=1S/C22H27N3O3S/c1-23-29(27,28)21-9-5-4-8-20(21)24-12-14-25(15-13-24)22(26)16-18-11-10-17-6-2-3-7-19(17)18/h2-9,18,23H,10-16H2,1H3. The number of nitrogens with zero attached hydrogens (tertiary/aromatic N) is 2. The van der Waals surface area contributed by atoms with E-state index in [0.717, 1.165) is 12.8 Å². The molecule has 2 aromatic rings. The number of para-hydroxylation sites is 1. The predicted molar refractivity (Wildman–Crippen MR) is 114 cm³/mol. The van der Waals surface area contributed by atoms with Gasteiger partial charge in [-0.05, 0) is 49.1 Å². The lowest BCUT2D eigenvalue weighted by Gasteiger charge is -2.37. The Balaban J connectivity index is 1.40. The number of fused-ring (bicyclic) bond motifs is 1. The fourth-order valence-corrected chi connectivity index (χ4v) is 5.40. The molecule has 1 heterocycles. The lowest BCUT2D eigenvalue weighted by molar-refractivity contribution is -0.131. The first-order valence-electron chi connectivity index (χ1n) is 10.1. The van der Waals surface area contributed by atoms with Crippen molar-refractivity contribution in [3.05, 3.63) is 59.7 Å². The molecule has 1 N–H and O–H groups in total. The molecular formula is C22H27N3O3S. The van der Waals surface area contributed by atoms with Crippen LogP contribution in [0, 0.1) is 0 Å². The molecule has 29 heavy (non-hydrogen) atoms. The molecular weight excluding hydrogens is 386 g/mol. The van der Waals surface area contributed by atoms with E-state index < -0.39 is 10.0 Å². The van der Waals surface area contributed by atoms with Gasteiger partial charge in [-0.15, -0.1) is 0 Å². The van der Waals surface area contributed by atoms with Crippen LogP contribution in [0.3, 0.4) is 0 Å². The first kappa shape index (κ1) is 19.9. The molecule has 1 unspecified atom stereocenters. The van der Waals surface area contributed by atoms with Gasteiger partial charge in [0.15, 0.2) is 0 Å². The number of carbonyl (C=O) groups is 1. The van der Waals surface area contributed by atoms with E-state index >= 15 is 0 Å². The lowest BCUT2D eigenvalue weighted by atomic mass is 9.97. The van der Waals surface area contributed by atoms with Crippen LogP contribution in [-0.4, -0.2) is 52.5 Å². The van der Waals surface area contributed by atoms with Gasteiger partial charge in [-0.25, -0.2) is 13.1 Å². The van der Waals surface area contributed by atoms with E-state index in [-0.39, 0.29) is 10.8 Å². The van der Waals surface area contributed by atoms with Gasteiger partial charge in [0.25, 0.3) is 0 Å². The van der Waals surface area contributed by atoms with Gasteiger partial charge >= 0.3 is 0 Å². The number of carbonyl (C=O) groups excluding carboxylic acids is 1. The van der Waals surface area contributed by atoms with Crippen LogP contribution >= 0.6 is 0 Å². The van der Waals surface area contributed by atoms with Crippen LogP contribution in [0.4, 0.5) is 5.69 Å². The van der Waals surface area contributed by atoms with E-state index in [1.165, 1.54) is 18.2 Å². The monoisotopic (exact) mass is 413 g/mol. The third kappa shape index (κ3) is 4.02. The van der Waals surface area contributed by atoms with Crippen molar-refractivity contribution in [2.45, 2.75) is 30.1 Å². The SMILES string of the molecule is CNS(=O)(=O)c1ccccc1N1CCN(C(=O)CC2CCc3ccccc32)CC1. The predicted octanol–water partition coefficient (Wildman–Crippen LogP) is 2.36. The number of benzene rings is 2. The second-order valence-electron chi connectivity index (χ2n) is 7.68. The Morgan fingerprint density at radius 1 is 1.03 bits per heavy atom. The summed E-state index contributed by atoms with van der Waals surface area (Å²) in [4.78, 5) is 17.1. The van der Waals surface area contributed by atoms with Crippen molar-refractivity contribution in [2.24, 2.45) is 0 Å². The minimum absolute atomic E-state index is 0.197. The normalized spacial score (nSPS) is 19.3. The number of anilines is 1. The van der Waals surface area contributed by atoms with E-state index in [4.69, 9.17) is 0 Å². The number of amides is 1. The molecule has 6 nitrogen and oxygen atoms in total. The highest BCUT2D eigenvalue weighted by Gasteiger charge is 2.29. The minimum Gasteiger partial charge on any atom is -0.367 e. The highest BCUT2D eigenvalue weighted by atomic mass is 32.2. The molecule has 1 aliphatic heterocycles. The molecule has 154 valence electrons. The number of hydrogen-bond acceptors (Lipinski definition) is 4. The third-order valence-corrected chi connectivity index (χ3v) is 7.54. The maximum atomic E-state index is 12.9. The topological polar surface area (TPSA) is 69.7 Å². The molecule has 0 spiro atoms. The summed E-state index contributed by atoms with van der Waals surface area (Å²) >= 11 is 0. The Bertz CT molecular complexity index is 998. The highest BCUT2D eigenvalue weighted by Crippen LogP contribution is 2.35. The van der Waals surface area contributed by atoms with Crippen molar-refractivity contribution in [1.29, 1.82) is 0 Å². The number of piperazine rings is 1. The van der Waals surface area contributed by atoms with Crippen molar-refractivity contribution in [3.63, 3.8) is 0 Å². The zero-order valence-corrected chi connectivity index (χ0v) is 17.5. The molecule has 7 heteroatoms. The van der Waals surface area contributed by atoms with Gasteiger partial charge in [0, 0.05) is 32.6 Å². The van der Waals surface area contributed by atoms with Crippen LogP contribution in [0.25, 0.3) is 0 Å². The first-order valence-corrected chi connectivity index (χ1v) is 11.6. The molecule has 1 atom stereocenters. The van der Waals surface area contributed by atoms with Gasteiger partial charge in [-0.2, -0.15) is 0 Å². The lowest BCUT2D eigenvalue weighted by Crippen LogP contribution is -2.49. The van der Waals surface area contributed by atoms with Crippen molar-refractivity contribution < 1.29 is 13.2 Å². The summed E-state index contributed by atoms with van der Waals surface area (Å²) in [6.07, 6.45) is 2.65. The summed E-state index contributed by atoms with van der Waals surface area (Å²) < 4.78 is 27.1. The molecule has 0 aromatic heterocycles. The van der Waals surface area contributed by atoms with Crippen LogP contribution in [0.15, 0.2) is 53.4 Å². The van der Waals surface area contributed by atoms with Crippen LogP contribution in [0.5, 0.6) is 0 Å². The molecule has 0 radical (unpaired) electrons. The molecule has 0 bridgehead atoms. The van der Waals surface area contributed by atoms with Crippen molar-refractivity contribution >= 4 is 21.6 Å². The van der Waals surface area contributed by atoms with Crippen LogP contribution in [0.1, 0.15) is 29.9 Å². The summed E-state index contributed by atoms with van der Waals surface area (Å²) in [6.45, 7) is 2.48. The van der Waals surface area contributed by atoms with E-state index in [1.54, 1.807) is 12.1 Å². The van der Waals surface area contributed by atoms with Gasteiger partial charge in [0.2, 0.25) is 15.9 Å². The van der Waals surface area contributed by atoms with Gasteiger partial charge in [0.05, 0.1) is 5.69 Å². The highest BCUT2D eigenvalue weighted by molar-refractivity contribution is 7.89. The zero-order chi connectivity index (χ0) is 20.4. The summed E-state index contributed by atoms with van der Waals surface area (Å²) in [7, 11) is -2.10. The van der Waals surface area contributed by atoms with Crippen molar-refractivity contribution in [3.8, 4) is 0 Å². The molecule has 1 amide bonds. The Morgan fingerprint density at radius 3 is 2.48 bits per heavy atom. The van der Waals surface area contributed by atoms with E-state index in [0.29, 0.717) is 44.2 Å². The Hall–Kier alpha value is -2.38. The van der Waals surface area contributed by atoms with E-state index in [1.807, 2.05) is 17.0 Å². The summed E-state index contributed by atoms with van der Waals surface area (Å²) in [6, 6.07) is 15.5. The smallest absolute Gasteiger partial charge is 0.242 e. The number of aryl methyl sites for hydroxylation is 1. The van der Waals surface area contributed by atoms with E-state index in [9.17, 15) is 13.2 Å². The molecule has 1 aliphatic carbocycles. The Morgan fingerprint density at radius 2 is 1.72 bits per heavy atom. The quantitative estimate of drug-likeness (QED) is 0.817. The fraction of sp³-hybridized carbons (Fsp3) is 0.409. The summed E-state index contributed by atoms with van der Waals surface area (Å²) in [5.41, 5.74) is 3.39. The Kier molecular flexibility index (Phi) is 5.61. The number of rotatable bonds is 5. The zero-order valence-electron chi connectivity index (χ0n) is 16.7. The molecule has 4 rings (SSSR count). The number of nitrogens with one attached hydrogen (secondary N) is 1. The molecule has 2 aromatic carbocycles. The van der Waals surface area contributed by atoms with Crippen molar-refractivity contribution in [2.75, 3.05) is 38.1 Å². The Labute approximate surface area is 172 Å². The first-order chi connectivity index (χ1) is 14.0. The van der Waals surface area contributed by atoms with Crippen LogP contribution < -0.4 is 9.62 Å². The number of hydrogen-bond donors (Lipinski definition) is 1. The minimum atomic E-state index is -3.52. The third-order valence-electron chi connectivity index (χ3n) is 6.07. The second-order valence-corrected chi connectivity index (χ2v) is 9.54. The summed E-state index contributed by atoms with van der Waals surface area (Å²) in [5, 5.41) is 0. The van der Waals surface area contributed by atoms with Crippen molar-refractivity contribution in [1.82, 2.24) is 9.62 Å². The molecule has 1 fully saturated rings. The average molecular weight is 414 g/mol. The fourth-order valence-electron chi connectivity index (χ4n) is 4.45. The van der Waals surface area contributed by atoms with Crippen LogP contribution in [0.2, 0.25) is 0 Å². The van der Waals surface area contributed by atoms with Gasteiger partial charge in [-0.1, -0.05) is 36.4 Å². The molecule has 2 aliphatic rings. The van der Waals surface area contributed by atoms with Gasteiger partial charge < -0.3 is 9.80 Å². The summed E-state index contributed by atoms with van der Waals surface area (Å²) in [5.74, 6) is 0.515. The maximum Gasteiger partial charge on any atom is 0.242 e. The average Bonchev–Trinajstić information content (AvgIpc) is 3.17. The second kappa shape index (κ2) is 8.16. The van der Waals surface area contributed by atoms with Gasteiger partial charge in [-0.3, -0.25) is 4.79 Å². The largest absolute Gasteiger partial charge is 0.367 e.